The smallest absolute Gasteiger partial charge is 0.313 e. The number of ether oxygens (including phenoxy) is 1. The summed E-state index contributed by atoms with van der Waals surface area (Å²) in [6.07, 6.45) is 6.74. The Morgan fingerprint density at radius 3 is 2.30 bits per heavy atom. The standard InChI is InChI=1S/C17H24O3/c1-2-3-4-5-6-10-13-20-17(19)14-16(18)15-11-8-7-9-12-15/h7-9,11-12H,2-6,10,13-14H2,1H3. The van der Waals surface area contributed by atoms with Crippen molar-refractivity contribution in [2.24, 2.45) is 0 Å². The molecule has 0 N–H and O–H groups in total. The third-order valence-electron chi connectivity index (χ3n) is 3.16. The number of rotatable bonds is 10. The van der Waals surface area contributed by atoms with Gasteiger partial charge in [0.1, 0.15) is 6.42 Å². The van der Waals surface area contributed by atoms with E-state index in [1.165, 1.54) is 25.7 Å². The molecule has 0 saturated heterocycles. The van der Waals surface area contributed by atoms with Gasteiger partial charge in [-0.25, -0.2) is 0 Å². The third kappa shape index (κ3) is 7.07. The number of benzene rings is 1. The Bertz CT molecular complexity index is 398. The van der Waals surface area contributed by atoms with E-state index in [2.05, 4.69) is 6.92 Å². The van der Waals surface area contributed by atoms with Gasteiger partial charge in [-0.15, -0.1) is 0 Å². The zero-order valence-corrected chi connectivity index (χ0v) is 12.3. The molecule has 0 bridgehead atoms. The lowest BCUT2D eigenvalue weighted by atomic mass is 10.1. The minimum absolute atomic E-state index is 0.167. The van der Waals surface area contributed by atoms with Gasteiger partial charge in [-0.2, -0.15) is 0 Å². The molecule has 1 rings (SSSR count). The van der Waals surface area contributed by atoms with Gasteiger partial charge in [-0.05, 0) is 6.42 Å². The first kappa shape index (κ1) is 16.4. The number of carbonyl (C=O) groups excluding carboxylic acids is 2. The Kier molecular flexibility index (Phi) is 8.36. The summed E-state index contributed by atoms with van der Waals surface area (Å²) in [5.74, 6) is -0.606. The van der Waals surface area contributed by atoms with Crippen LogP contribution in [0.5, 0.6) is 0 Å². The van der Waals surface area contributed by atoms with E-state index in [-0.39, 0.29) is 12.2 Å². The van der Waals surface area contributed by atoms with Crippen LogP contribution in [0, 0.1) is 0 Å². The molecule has 1 aromatic rings. The third-order valence-corrected chi connectivity index (χ3v) is 3.16. The van der Waals surface area contributed by atoms with Crippen molar-refractivity contribution < 1.29 is 14.3 Å². The minimum Gasteiger partial charge on any atom is -0.465 e. The zero-order chi connectivity index (χ0) is 14.6. The van der Waals surface area contributed by atoms with Crippen molar-refractivity contribution in [1.82, 2.24) is 0 Å². The van der Waals surface area contributed by atoms with Crippen LogP contribution in [0.2, 0.25) is 0 Å². The molecule has 0 aliphatic carbocycles. The maximum Gasteiger partial charge on any atom is 0.313 e. The molecule has 0 aliphatic rings. The lowest BCUT2D eigenvalue weighted by molar-refractivity contribution is -0.142. The fourth-order valence-corrected chi connectivity index (χ4v) is 1.98. The minimum atomic E-state index is -0.424. The van der Waals surface area contributed by atoms with Crippen LogP contribution in [0.1, 0.15) is 62.2 Å². The Labute approximate surface area is 121 Å². The lowest BCUT2D eigenvalue weighted by Crippen LogP contribution is -2.12. The summed E-state index contributed by atoms with van der Waals surface area (Å²) in [5.41, 5.74) is 0.559. The molecule has 0 unspecified atom stereocenters. The van der Waals surface area contributed by atoms with Crippen LogP contribution in [-0.4, -0.2) is 18.4 Å². The highest BCUT2D eigenvalue weighted by Crippen LogP contribution is 2.06. The van der Waals surface area contributed by atoms with E-state index in [4.69, 9.17) is 4.74 Å². The molecule has 0 heterocycles. The number of hydrogen-bond donors (Lipinski definition) is 0. The predicted octanol–water partition coefficient (Wildman–Crippen LogP) is 4.16. The van der Waals surface area contributed by atoms with Crippen molar-refractivity contribution in [1.29, 1.82) is 0 Å². The van der Waals surface area contributed by atoms with E-state index in [9.17, 15) is 9.59 Å². The molecule has 0 aromatic heterocycles. The van der Waals surface area contributed by atoms with Crippen LogP contribution in [-0.2, 0) is 9.53 Å². The SMILES string of the molecule is CCCCCCCCOC(=O)CC(=O)c1ccccc1. The van der Waals surface area contributed by atoms with Crippen LogP contribution in [0.15, 0.2) is 30.3 Å². The molecule has 0 radical (unpaired) electrons. The molecule has 0 aliphatic heterocycles. The molecule has 0 fully saturated rings. The topological polar surface area (TPSA) is 43.4 Å². The van der Waals surface area contributed by atoms with E-state index < -0.39 is 5.97 Å². The first-order valence-electron chi connectivity index (χ1n) is 7.48. The molecular weight excluding hydrogens is 252 g/mol. The molecule has 0 atom stereocenters. The molecule has 3 nitrogen and oxygen atoms in total. The van der Waals surface area contributed by atoms with Crippen LogP contribution in [0.3, 0.4) is 0 Å². The van der Waals surface area contributed by atoms with E-state index in [0.29, 0.717) is 12.2 Å². The van der Waals surface area contributed by atoms with Crippen LogP contribution in [0.4, 0.5) is 0 Å². The van der Waals surface area contributed by atoms with E-state index >= 15 is 0 Å². The van der Waals surface area contributed by atoms with E-state index in [0.717, 1.165) is 12.8 Å². The van der Waals surface area contributed by atoms with Gasteiger partial charge in [0.15, 0.2) is 5.78 Å². The van der Waals surface area contributed by atoms with Crippen molar-refractivity contribution in [3.05, 3.63) is 35.9 Å². The Morgan fingerprint density at radius 2 is 1.60 bits per heavy atom. The Hall–Kier alpha value is -1.64. The number of unbranched alkanes of at least 4 members (excludes halogenated alkanes) is 5. The highest BCUT2D eigenvalue weighted by atomic mass is 16.5. The number of ketones is 1. The van der Waals surface area contributed by atoms with Crippen LogP contribution in [0.25, 0.3) is 0 Å². The second-order valence-electron chi connectivity index (χ2n) is 4.95. The monoisotopic (exact) mass is 276 g/mol. The fourth-order valence-electron chi connectivity index (χ4n) is 1.98. The first-order chi connectivity index (χ1) is 9.74. The fraction of sp³-hybridized carbons (Fsp3) is 0.529. The predicted molar refractivity (Wildman–Crippen MR) is 79.7 cm³/mol. The highest BCUT2D eigenvalue weighted by Gasteiger charge is 2.12. The summed E-state index contributed by atoms with van der Waals surface area (Å²) >= 11 is 0. The Balaban J connectivity index is 2.10. The molecule has 1 aromatic carbocycles. The van der Waals surface area contributed by atoms with Gasteiger partial charge >= 0.3 is 5.97 Å². The summed E-state index contributed by atoms with van der Waals surface area (Å²) in [6, 6.07) is 8.84. The van der Waals surface area contributed by atoms with E-state index in [1.54, 1.807) is 24.3 Å². The van der Waals surface area contributed by atoms with Gasteiger partial charge in [-0.1, -0.05) is 69.4 Å². The van der Waals surface area contributed by atoms with Gasteiger partial charge < -0.3 is 4.74 Å². The van der Waals surface area contributed by atoms with Gasteiger partial charge in [0.2, 0.25) is 0 Å². The van der Waals surface area contributed by atoms with Crippen molar-refractivity contribution in [3.8, 4) is 0 Å². The average Bonchev–Trinajstić information content (AvgIpc) is 2.47. The summed E-state index contributed by atoms with van der Waals surface area (Å²) < 4.78 is 5.08. The summed E-state index contributed by atoms with van der Waals surface area (Å²) in [5, 5.41) is 0. The summed E-state index contributed by atoms with van der Waals surface area (Å²) in [6.45, 7) is 2.61. The van der Waals surface area contributed by atoms with Gasteiger partial charge in [0.05, 0.1) is 6.61 Å². The van der Waals surface area contributed by atoms with Crippen LogP contribution >= 0.6 is 0 Å². The Morgan fingerprint density at radius 1 is 0.950 bits per heavy atom. The molecule has 0 saturated carbocycles. The van der Waals surface area contributed by atoms with Gasteiger partial charge in [0.25, 0.3) is 0 Å². The van der Waals surface area contributed by atoms with Gasteiger partial charge in [-0.3, -0.25) is 9.59 Å². The van der Waals surface area contributed by atoms with Crippen molar-refractivity contribution in [2.75, 3.05) is 6.61 Å². The van der Waals surface area contributed by atoms with Gasteiger partial charge in [0, 0.05) is 5.56 Å². The number of carbonyl (C=O) groups is 2. The first-order valence-corrected chi connectivity index (χ1v) is 7.48. The number of Topliss-reactive ketones (excluding diaryl/α,β-unsaturated/α-hetero) is 1. The lowest BCUT2D eigenvalue weighted by Gasteiger charge is -2.04. The second kappa shape index (κ2) is 10.2. The molecule has 110 valence electrons. The van der Waals surface area contributed by atoms with Crippen LogP contribution < -0.4 is 0 Å². The van der Waals surface area contributed by atoms with Crippen molar-refractivity contribution in [3.63, 3.8) is 0 Å². The quantitative estimate of drug-likeness (QED) is 0.279. The maximum absolute atomic E-state index is 11.8. The van der Waals surface area contributed by atoms with Crippen molar-refractivity contribution >= 4 is 11.8 Å². The average molecular weight is 276 g/mol. The molecular formula is C17H24O3. The summed E-state index contributed by atoms with van der Waals surface area (Å²) in [4.78, 5) is 23.3. The zero-order valence-electron chi connectivity index (χ0n) is 12.3. The normalized spacial score (nSPS) is 10.2. The largest absolute Gasteiger partial charge is 0.465 e. The maximum atomic E-state index is 11.8. The molecule has 0 spiro atoms. The highest BCUT2D eigenvalue weighted by molar-refractivity contribution is 6.05. The number of esters is 1. The molecule has 3 heteroatoms. The summed E-state index contributed by atoms with van der Waals surface area (Å²) in [7, 11) is 0. The number of hydrogen-bond acceptors (Lipinski definition) is 3. The van der Waals surface area contributed by atoms with E-state index in [1.807, 2.05) is 6.07 Å². The van der Waals surface area contributed by atoms with Crippen molar-refractivity contribution in [2.45, 2.75) is 51.9 Å². The molecule has 20 heavy (non-hydrogen) atoms. The molecule has 0 amide bonds. The second-order valence-corrected chi connectivity index (χ2v) is 4.95.